The number of halogens is 3. The summed E-state index contributed by atoms with van der Waals surface area (Å²) in [5, 5.41) is 8.15. The number of sulfonamides is 1. The van der Waals surface area contributed by atoms with Gasteiger partial charge in [0.2, 0.25) is 10.0 Å². The Labute approximate surface area is 225 Å². The second-order valence-corrected chi connectivity index (χ2v) is 12.2. The number of piperidine rings is 1. The number of nitrogens with one attached hydrogen (secondary N) is 1. The number of hydrogen-bond donors (Lipinski definition) is 3. The number of nitrogens with zero attached hydrogens (tertiary/aromatic N) is 2. The summed E-state index contributed by atoms with van der Waals surface area (Å²) in [6.45, 7) is 10.1. The van der Waals surface area contributed by atoms with Gasteiger partial charge in [-0.25, -0.2) is 17.5 Å². The van der Waals surface area contributed by atoms with Crippen LogP contribution < -0.4 is 5.73 Å². The van der Waals surface area contributed by atoms with Gasteiger partial charge in [-0.2, -0.15) is 13.2 Å². The summed E-state index contributed by atoms with van der Waals surface area (Å²) < 4.78 is 57.7. The molecule has 38 heavy (non-hydrogen) atoms. The average molecular weight is 581 g/mol. The topological polar surface area (TPSA) is 137 Å². The number of benzene rings is 1. The van der Waals surface area contributed by atoms with Crippen molar-refractivity contribution in [3.05, 3.63) is 29.5 Å². The van der Waals surface area contributed by atoms with E-state index >= 15 is 0 Å². The molecule has 0 radical (unpaired) electrons. The Morgan fingerprint density at radius 1 is 1.18 bits per heavy atom. The molecule has 9 nitrogen and oxygen atoms in total. The smallest absolute Gasteiger partial charge is 0.475 e. The SMILES string of the molecule is CCN(CC)CCSc1cc(C(N)=O)c2[nH]cc(C3CCN(S(=O)(=O)CC)CC3)c2c1.O=C(O)C(F)(F)F. The zero-order valence-corrected chi connectivity index (χ0v) is 23.3. The number of fused-ring (bicyclic) bond motifs is 1. The molecule has 14 heteroatoms. The number of alkyl halides is 3. The summed E-state index contributed by atoms with van der Waals surface area (Å²) in [5.74, 6) is -1.85. The Hall–Kier alpha value is -2.29. The molecular weight excluding hydrogens is 545 g/mol. The molecule has 0 saturated carbocycles. The number of carboxylic acid groups (broad SMARTS) is 1. The van der Waals surface area contributed by atoms with Crippen LogP contribution in [0.25, 0.3) is 10.9 Å². The van der Waals surface area contributed by atoms with Gasteiger partial charge in [-0.1, -0.05) is 13.8 Å². The Morgan fingerprint density at radius 3 is 2.24 bits per heavy atom. The summed E-state index contributed by atoms with van der Waals surface area (Å²) in [7, 11) is -3.15. The molecule has 1 aliphatic heterocycles. The number of aliphatic carboxylic acids is 1. The molecule has 1 amide bonds. The van der Waals surface area contributed by atoms with Crippen LogP contribution in [-0.4, -0.2) is 90.0 Å². The first-order valence-electron chi connectivity index (χ1n) is 12.3. The number of carbonyl (C=O) groups is 2. The number of primary amides is 1. The molecule has 0 atom stereocenters. The van der Waals surface area contributed by atoms with E-state index in [-0.39, 0.29) is 11.7 Å². The first-order valence-corrected chi connectivity index (χ1v) is 14.9. The fourth-order valence-corrected chi connectivity index (χ4v) is 6.42. The molecule has 0 unspecified atom stereocenters. The van der Waals surface area contributed by atoms with Gasteiger partial charge in [-0.05, 0) is 56.5 Å². The molecular formula is C24H35F3N4O5S2. The number of aromatic amines is 1. The van der Waals surface area contributed by atoms with Gasteiger partial charge in [-0.3, -0.25) is 4.79 Å². The first-order chi connectivity index (χ1) is 17.7. The zero-order chi connectivity index (χ0) is 28.7. The fourth-order valence-electron chi connectivity index (χ4n) is 4.30. The van der Waals surface area contributed by atoms with Gasteiger partial charge in [-0.15, -0.1) is 11.8 Å². The van der Waals surface area contributed by atoms with Crippen LogP contribution >= 0.6 is 11.8 Å². The normalized spacial score (nSPS) is 15.4. The van der Waals surface area contributed by atoms with E-state index < -0.39 is 28.1 Å². The van der Waals surface area contributed by atoms with Crippen molar-refractivity contribution in [3.8, 4) is 0 Å². The van der Waals surface area contributed by atoms with E-state index in [0.717, 1.165) is 59.6 Å². The van der Waals surface area contributed by atoms with Gasteiger partial charge in [0, 0.05) is 41.9 Å². The van der Waals surface area contributed by atoms with Crippen molar-refractivity contribution in [3.63, 3.8) is 0 Å². The molecule has 0 aliphatic carbocycles. The third-order valence-electron chi connectivity index (χ3n) is 6.53. The molecule has 214 valence electrons. The molecule has 1 fully saturated rings. The van der Waals surface area contributed by atoms with Crippen LogP contribution in [0.1, 0.15) is 55.5 Å². The number of amides is 1. The van der Waals surface area contributed by atoms with Crippen LogP contribution in [0.5, 0.6) is 0 Å². The predicted octanol–water partition coefficient (Wildman–Crippen LogP) is 3.86. The van der Waals surface area contributed by atoms with Crippen LogP contribution in [0.2, 0.25) is 0 Å². The molecule has 1 saturated heterocycles. The van der Waals surface area contributed by atoms with Crippen LogP contribution in [-0.2, 0) is 14.8 Å². The monoisotopic (exact) mass is 580 g/mol. The molecule has 0 spiro atoms. The summed E-state index contributed by atoms with van der Waals surface area (Å²) in [4.78, 5) is 27.7. The van der Waals surface area contributed by atoms with Gasteiger partial charge in [0.15, 0.2) is 0 Å². The average Bonchev–Trinajstić information content (AvgIpc) is 3.30. The number of nitrogens with two attached hydrogens (primary N) is 1. The van der Waals surface area contributed by atoms with Gasteiger partial charge in [0.05, 0.1) is 16.8 Å². The minimum atomic E-state index is -5.08. The summed E-state index contributed by atoms with van der Waals surface area (Å²) in [5.41, 5.74) is 8.13. The maximum atomic E-state index is 12.2. The van der Waals surface area contributed by atoms with E-state index in [0.29, 0.717) is 18.7 Å². The largest absolute Gasteiger partial charge is 0.490 e. The third kappa shape index (κ3) is 8.35. The lowest BCUT2D eigenvalue weighted by molar-refractivity contribution is -0.192. The third-order valence-corrected chi connectivity index (χ3v) is 9.36. The lowest BCUT2D eigenvalue weighted by Gasteiger charge is -2.31. The molecule has 2 heterocycles. The van der Waals surface area contributed by atoms with Gasteiger partial charge in [0.25, 0.3) is 5.91 Å². The van der Waals surface area contributed by atoms with E-state index in [9.17, 15) is 26.4 Å². The number of carboxylic acids is 1. The standard InChI is InChI=1S/C22H34N4O3S2.C2HF3O2/c1-4-25(5-2)11-12-30-17-13-18-20(15-24-21(18)19(14-17)22(23)27)16-7-9-26(10-8-16)31(28,29)6-3;3-2(4,5)1(6)7/h13-16,24H,4-12H2,1-3H3,(H2,23,27);(H,6,7). The van der Waals surface area contributed by atoms with Gasteiger partial charge in [0.1, 0.15) is 0 Å². The zero-order valence-electron chi connectivity index (χ0n) is 21.7. The summed E-state index contributed by atoms with van der Waals surface area (Å²) >= 11 is 1.74. The maximum absolute atomic E-state index is 12.2. The van der Waals surface area contributed by atoms with Crippen molar-refractivity contribution in [1.82, 2.24) is 14.2 Å². The molecule has 2 aromatic rings. The molecule has 1 aromatic carbocycles. The minimum absolute atomic E-state index is 0.140. The Balaban J connectivity index is 0.000000638. The highest BCUT2D eigenvalue weighted by Crippen LogP contribution is 2.37. The highest BCUT2D eigenvalue weighted by atomic mass is 32.2. The van der Waals surface area contributed by atoms with Crippen molar-refractivity contribution >= 4 is 44.6 Å². The highest BCUT2D eigenvalue weighted by molar-refractivity contribution is 7.99. The molecule has 1 aromatic heterocycles. The van der Waals surface area contributed by atoms with Crippen LogP contribution in [0, 0.1) is 0 Å². The van der Waals surface area contributed by atoms with E-state index in [2.05, 4.69) is 29.8 Å². The second kappa shape index (κ2) is 13.7. The van der Waals surface area contributed by atoms with Crippen molar-refractivity contribution in [2.45, 2.75) is 50.6 Å². The quantitative estimate of drug-likeness (QED) is 0.363. The molecule has 3 rings (SSSR count). The summed E-state index contributed by atoms with van der Waals surface area (Å²) in [6.07, 6.45) is -1.56. The lowest BCUT2D eigenvalue weighted by Crippen LogP contribution is -2.38. The van der Waals surface area contributed by atoms with Crippen molar-refractivity contribution in [1.29, 1.82) is 0 Å². The van der Waals surface area contributed by atoms with Crippen molar-refractivity contribution < 1.29 is 36.3 Å². The van der Waals surface area contributed by atoms with Gasteiger partial charge >= 0.3 is 12.1 Å². The van der Waals surface area contributed by atoms with Crippen molar-refractivity contribution in [2.75, 3.05) is 44.2 Å². The minimum Gasteiger partial charge on any atom is -0.475 e. The Bertz CT molecular complexity index is 1210. The predicted molar refractivity (Wildman–Crippen MR) is 142 cm³/mol. The number of rotatable bonds is 10. The number of hydrogen-bond acceptors (Lipinski definition) is 6. The number of H-pyrrole nitrogens is 1. The second-order valence-electron chi connectivity index (χ2n) is 8.75. The number of thioether (sulfide) groups is 1. The molecule has 0 bridgehead atoms. The molecule has 4 N–H and O–H groups in total. The van der Waals surface area contributed by atoms with E-state index in [4.69, 9.17) is 15.6 Å². The van der Waals surface area contributed by atoms with E-state index in [1.165, 1.54) is 0 Å². The molecule has 1 aliphatic rings. The number of carbonyl (C=O) groups excluding carboxylic acids is 1. The fraction of sp³-hybridized carbons (Fsp3) is 0.583. The van der Waals surface area contributed by atoms with Crippen molar-refractivity contribution in [2.24, 2.45) is 5.73 Å². The van der Waals surface area contributed by atoms with Crippen LogP contribution in [0.15, 0.2) is 23.2 Å². The van der Waals surface area contributed by atoms with Crippen LogP contribution in [0.3, 0.4) is 0 Å². The van der Waals surface area contributed by atoms with Gasteiger partial charge < -0.3 is 20.7 Å². The van der Waals surface area contributed by atoms with E-state index in [1.807, 2.05) is 12.3 Å². The number of aromatic nitrogens is 1. The maximum Gasteiger partial charge on any atom is 0.490 e. The lowest BCUT2D eigenvalue weighted by atomic mass is 9.89. The van der Waals surface area contributed by atoms with Crippen LogP contribution in [0.4, 0.5) is 13.2 Å². The van der Waals surface area contributed by atoms with E-state index in [1.54, 1.807) is 23.0 Å². The Kier molecular flexibility index (Phi) is 11.5. The summed E-state index contributed by atoms with van der Waals surface area (Å²) in [6, 6.07) is 4.03. The Morgan fingerprint density at radius 2 is 1.76 bits per heavy atom. The first kappa shape index (κ1) is 31.9. The highest BCUT2D eigenvalue weighted by Gasteiger charge is 2.38.